The highest BCUT2D eigenvalue weighted by Gasteiger charge is 2.14. The zero-order chi connectivity index (χ0) is 14.1. The zero-order valence-electron chi connectivity index (χ0n) is 9.92. The molecule has 0 bridgehead atoms. The van der Waals surface area contributed by atoms with Gasteiger partial charge in [-0.2, -0.15) is 4.98 Å². The first kappa shape index (κ1) is 12.8. The van der Waals surface area contributed by atoms with Gasteiger partial charge in [0, 0.05) is 11.8 Å². The number of rotatable bonds is 2. The predicted octanol–water partition coefficient (Wildman–Crippen LogP) is 3.08. The summed E-state index contributed by atoms with van der Waals surface area (Å²) in [6, 6.07) is 4.90. The Balaban J connectivity index is 2.03. The lowest BCUT2D eigenvalue weighted by Gasteiger charge is -2.02. The normalized spacial score (nSPS) is 10.7. The molecule has 0 saturated heterocycles. The first-order valence-electron chi connectivity index (χ1n) is 5.50. The van der Waals surface area contributed by atoms with Crippen LogP contribution in [-0.4, -0.2) is 20.1 Å². The second kappa shape index (κ2) is 5.07. The van der Waals surface area contributed by atoms with Crippen molar-refractivity contribution in [2.45, 2.75) is 0 Å². The molecule has 2 heterocycles. The van der Waals surface area contributed by atoms with Crippen LogP contribution in [0.4, 0.5) is 5.69 Å². The fraction of sp³-hybridized carbons (Fsp3) is 0. The highest BCUT2D eigenvalue weighted by molar-refractivity contribution is 6.39. The molecule has 1 aromatic carbocycles. The molecule has 2 N–H and O–H groups in total. The monoisotopic (exact) mass is 307 g/mol. The molecule has 100 valence electrons. The Morgan fingerprint density at radius 1 is 1.15 bits per heavy atom. The molecule has 2 aromatic heterocycles. The average molecular weight is 308 g/mol. The zero-order valence-corrected chi connectivity index (χ0v) is 11.4. The predicted molar refractivity (Wildman–Crippen MR) is 75.2 cm³/mol. The summed E-state index contributed by atoms with van der Waals surface area (Å²) in [4.78, 5) is 12.1. The van der Waals surface area contributed by atoms with Crippen LogP contribution in [0.3, 0.4) is 0 Å². The van der Waals surface area contributed by atoms with Crippen LogP contribution in [0.2, 0.25) is 10.0 Å². The molecule has 0 saturated carbocycles. The number of nitrogens with zero attached hydrogens (tertiary/aromatic N) is 4. The smallest absolute Gasteiger partial charge is 0.258 e. The van der Waals surface area contributed by atoms with E-state index in [2.05, 4.69) is 20.1 Å². The topological polar surface area (TPSA) is 90.7 Å². The van der Waals surface area contributed by atoms with Gasteiger partial charge < -0.3 is 10.3 Å². The molecular formula is C12H7Cl2N5O. The van der Waals surface area contributed by atoms with E-state index in [0.29, 0.717) is 32.8 Å². The lowest BCUT2D eigenvalue weighted by atomic mass is 10.2. The molecule has 0 spiro atoms. The largest absolute Gasteiger partial charge is 0.396 e. The lowest BCUT2D eigenvalue weighted by Crippen LogP contribution is -1.89. The van der Waals surface area contributed by atoms with Crippen molar-refractivity contribution in [3.63, 3.8) is 0 Å². The molecule has 20 heavy (non-hydrogen) atoms. The van der Waals surface area contributed by atoms with Crippen LogP contribution in [0.5, 0.6) is 0 Å². The Labute approximate surface area is 123 Å². The second-order valence-corrected chi connectivity index (χ2v) is 4.69. The van der Waals surface area contributed by atoms with E-state index >= 15 is 0 Å². The maximum atomic E-state index is 5.97. The summed E-state index contributed by atoms with van der Waals surface area (Å²) < 4.78 is 5.18. The molecular weight excluding hydrogens is 301 g/mol. The van der Waals surface area contributed by atoms with E-state index in [9.17, 15) is 0 Å². The molecule has 3 rings (SSSR count). The fourth-order valence-corrected chi connectivity index (χ4v) is 2.06. The van der Waals surface area contributed by atoms with Gasteiger partial charge >= 0.3 is 0 Å². The van der Waals surface area contributed by atoms with Crippen LogP contribution in [0.25, 0.3) is 23.0 Å². The maximum absolute atomic E-state index is 5.97. The fourth-order valence-electron chi connectivity index (χ4n) is 1.58. The summed E-state index contributed by atoms with van der Waals surface area (Å²) in [5.74, 6) is 0.633. The van der Waals surface area contributed by atoms with Gasteiger partial charge in [0.25, 0.3) is 5.89 Å². The van der Waals surface area contributed by atoms with Crippen LogP contribution in [-0.2, 0) is 0 Å². The van der Waals surface area contributed by atoms with E-state index in [1.165, 1.54) is 6.33 Å². The Morgan fingerprint density at radius 2 is 1.90 bits per heavy atom. The summed E-state index contributed by atoms with van der Waals surface area (Å²) in [7, 11) is 0. The summed E-state index contributed by atoms with van der Waals surface area (Å²) >= 11 is 11.9. The standard InChI is InChI=1S/C12H7Cl2N5O/c13-7-3-6(4-8(14)10(7)15)12-18-11(19-20-12)9-1-2-16-5-17-9/h1-5H,15H2. The van der Waals surface area contributed by atoms with Gasteiger partial charge in [-0.1, -0.05) is 28.4 Å². The van der Waals surface area contributed by atoms with Crippen molar-refractivity contribution in [1.82, 2.24) is 20.1 Å². The highest BCUT2D eigenvalue weighted by Crippen LogP contribution is 2.33. The van der Waals surface area contributed by atoms with Crippen LogP contribution < -0.4 is 5.73 Å². The molecule has 0 atom stereocenters. The molecule has 8 heteroatoms. The van der Waals surface area contributed by atoms with E-state index < -0.39 is 0 Å². The Hall–Kier alpha value is -2.18. The van der Waals surface area contributed by atoms with Crippen molar-refractivity contribution in [2.75, 3.05) is 5.73 Å². The minimum absolute atomic E-state index is 0.280. The molecule has 0 radical (unpaired) electrons. The second-order valence-electron chi connectivity index (χ2n) is 3.87. The maximum Gasteiger partial charge on any atom is 0.258 e. The SMILES string of the molecule is Nc1c(Cl)cc(-c2nc(-c3ccncn3)no2)cc1Cl. The molecule has 6 nitrogen and oxygen atoms in total. The van der Waals surface area contributed by atoms with E-state index in [1.54, 1.807) is 24.4 Å². The third-order valence-electron chi connectivity index (χ3n) is 2.56. The number of nitrogen functional groups attached to an aromatic ring is 1. The molecule has 0 fully saturated rings. The van der Waals surface area contributed by atoms with Gasteiger partial charge in [-0.05, 0) is 18.2 Å². The van der Waals surface area contributed by atoms with E-state index in [4.69, 9.17) is 33.5 Å². The Morgan fingerprint density at radius 3 is 2.55 bits per heavy atom. The van der Waals surface area contributed by atoms with Gasteiger partial charge in [0.05, 0.1) is 15.7 Å². The molecule has 0 aliphatic heterocycles. The number of nitrogens with two attached hydrogens (primary N) is 1. The van der Waals surface area contributed by atoms with Gasteiger partial charge in [-0.15, -0.1) is 0 Å². The Kier molecular flexibility index (Phi) is 3.25. The molecule has 0 amide bonds. The number of hydrogen-bond acceptors (Lipinski definition) is 6. The van der Waals surface area contributed by atoms with Crippen LogP contribution in [0.15, 0.2) is 35.2 Å². The number of halogens is 2. The van der Waals surface area contributed by atoms with Gasteiger partial charge in [0.1, 0.15) is 12.0 Å². The van der Waals surface area contributed by atoms with Gasteiger partial charge in [0.2, 0.25) is 5.82 Å². The van der Waals surface area contributed by atoms with Crippen molar-refractivity contribution in [2.24, 2.45) is 0 Å². The molecule has 0 unspecified atom stereocenters. The number of hydrogen-bond donors (Lipinski definition) is 1. The summed E-state index contributed by atoms with van der Waals surface area (Å²) in [6.45, 7) is 0. The number of anilines is 1. The Bertz CT molecular complexity index is 737. The van der Waals surface area contributed by atoms with E-state index in [-0.39, 0.29) is 5.89 Å². The van der Waals surface area contributed by atoms with Crippen molar-refractivity contribution >= 4 is 28.9 Å². The van der Waals surface area contributed by atoms with Crippen LogP contribution in [0.1, 0.15) is 0 Å². The summed E-state index contributed by atoms with van der Waals surface area (Å²) in [5, 5.41) is 4.51. The first-order chi connectivity index (χ1) is 9.65. The summed E-state index contributed by atoms with van der Waals surface area (Å²) in [6.07, 6.45) is 3.00. The van der Waals surface area contributed by atoms with Crippen LogP contribution >= 0.6 is 23.2 Å². The third-order valence-corrected chi connectivity index (χ3v) is 3.19. The van der Waals surface area contributed by atoms with Gasteiger partial charge in [-0.3, -0.25) is 0 Å². The minimum atomic E-state index is 0.280. The minimum Gasteiger partial charge on any atom is -0.396 e. The number of benzene rings is 1. The van der Waals surface area contributed by atoms with E-state index in [0.717, 1.165) is 0 Å². The molecule has 0 aliphatic carbocycles. The van der Waals surface area contributed by atoms with Crippen molar-refractivity contribution in [3.05, 3.63) is 40.8 Å². The van der Waals surface area contributed by atoms with Crippen molar-refractivity contribution in [1.29, 1.82) is 0 Å². The summed E-state index contributed by atoms with van der Waals surface area (Å²) in [5.41, 5.74) is 7.13. The van der Waals surface area contributed by atoms with Gasteiger partial charge in [0.15, 0.2) is 0 Å². The number of aromatic nitrogens is 4. The average Bonchev–Trinajstić information content (AvgIpc) is 2.95. The molecule has 0 aliphatic rings. The quantitative estimate of drug-likeness (QED) is 0.732. The first-order valence-corrected chi connectivity index (χ1v) is 6.25. The highest BCUT2D eigenvalue weighted by atomic mass is 35.5. The molecule has 3 aromatic rings. The third kappa shape index (κ3) is 2.31. The lowest BCUT2D eigenvalue weighted by molar-refractivity contribution is 0.432. The van der Waals surface area contributed by atoms with E-state index in [1.807, 2.05) is 0 Å². The van der Waals surface area contributed by atoms with Gasteiger partial charge in [-0.25, -0.2) is 9.97 Å². The van der Waals surface area contributed by atoms with Crippen LogP contribution in [0, 0.1) is 0 Å². The van der Waals surface area contributed by atoms with Crippen molar-refractivity contribution in [3.8, 4) is 23.0 Å². The van der Waals surface area contributed by atoms with Crippen molar-refractivity contribution < 1.29 is 4.52 Å².